The van der Waals surface area contributed by atoms with Gasteiger partial charge in [-0.1, -0.05) is 29.2 Å². The van der Waals surface area contributed by atoms with Crippen LogP contribution in [0, 0.1) is 0 Å². The van der Waals surface area contributed by atoms with Gasteiger partial charge in [-0.25, -0.2) is 0 Å². The molecule has 106 valence electrons. The van der Waals surface area contributed by atoms with Gasteiger partial charge in [-0.15, -0.1) is 10.2 Å². The molecule has 20 heavy (non-hydrogen) atoms. The predicted octanol–water partition coefficient (Wildman–Crippen LogP) is 2.26. The molecule has 3 N–H and O–H groups in total. The van der Waals surface area contributed by atoms with Gasteiger partial charge in [-0.05, 0) is 19.1 Å². The highest BCUT2D eigenvalue weighted by atomic mass is 32.2. The molecule has 0 aliphatic carbocycles. The molecule has 0 spiro atoms. The Labute approximate surface area is 124 Å². The molecule has 1 atom stereocenters. The third-order valence-electron chi connectivity index (χ3n) is 2.41. The first-order chi connectivity index (χ1) is 9.58. The Balaban J connectivity index is 2.03. The molecule has 0 aliphatic rings. The van der Waals surface area contributed by atoms with Gasteiger partial charge in [0.15, 0.2) is 4.34 Å². The number of thioether (sulfide) groups is 1. The standard InChI is InChI=1S/C12H14N4O2S2/c1-7(10(13)17)19-12-16-15-11(20-12)14-8-4-3-5-9(6-8)18-2/h3-7H,1-2H3,(H2,13,17)(H,14,15). The van der Waals surface area contributed by atoms with Gasteiger partial charge in [-0.3, -0.25) is 4.79 Å². The van der Waals surface area contributed by atoms with Crippen LogP contribution >= 0.6 is 23.1 Å². The molecule has 0 radical (unpaired) electrons. The molecular formula is C12H14N4O2S2. The van der Waals surface area contributed by atoms with Gasteiger partial charge in [0.05, 0.1) is 12.4 Å². The molecule has 1 aromatic heterocycles. The van der Waals surface area contributed by atoms with Gasteiger partial charge < -0.3 is 15.8 Å². The fraction of sp³-hybridized carbons (Fsp3) is 0.250. The van der Waals surface area contributed by atoms with E-state index in [0.717, 1.165) is 11.4 Å². The number of rotatable bonds is 6. The molecule has 1 heterocycles. The number of primary amides is 1. The predicted molar refractivity (Wildman–Crippen MR) is 80.7 cm³/mol. The van der Waals surface area contributed by atoms with Crippen molar-refractivity contribution in [1.29, 1.82) is 0 Å². The van der Waals surface area contributed by atoms with Crippen LogP contribution in [0.3, 0.4) is 0 Å². The lowest BCUT2D eigenvalue weighted by atomic mass is 10.3. The second kappa shape index (κ2) is 6.58. The first kappa shape index (κ1) is 14.6. The molecule has 2 aromatic rings. The van der Waals surface area contributed by atoms with Gasteiger partial charge >= 0.3 is 0 Å². The number of nitrogens with zero attached hydrogens (tertiary/aromatic N) is 2. The normalized spacial score (nSPS) is 11.9. The van der Waals surface area contributed by atoms with Gasteiger partial charge in [0.25, 0.3) is 0 Å². The van der Waals surface area contributed by atoms with E-state index in [1.54, 1.807) is 14.0 Å². The molecule has 1 aromatic carbocycles. The van der Waals surface area contributed by atoms with Crippen molar-refractivity contribution in [3.8, 4) is 5.75 Å². The highest BCUT2D eigenvalue weighted by Crippen LogP contribution is 2.30. The Kier molecular flexibility index (Phi) is 4.80. The maximum atomic E-state index is 11.0. The van der Waals surface area contributed by atoms with E-state index in [9.17, 15) is 4.79 Å². The maximum Gasteiger partial charge on any atom is 0.230 e. The molecule has 8 heteroatoms. The number of ether oxygens (including phenoxy) is 1. The summed E-state index contributed by atoms with van der Waals surface area (Å²) in [5.41, 5.74) is 6.07. The summed E-state index contributed by atoms with van der Waals surface area (Å²) in [4.78, 5) is 11.0. The first-order valence-corrected chi connectivity index (χ1v) is 7.48. The number of carbonyl (C=O) groups is 1. The topological polar surface area (TPSA) is 90.1 Å². The lowest BCUT2D eigenvalue weighted by molar-refractivity contribution is -0.117. The summed E-state index contributed by atoms with van der Waals surface area (Å²) < 4.78 is 5.84. The van der Waals surface area contributed by atoms with Crippen LogP contribution in [-0.2, 0) is 4.79 Å². The summed E-state index contributed by atoms with van der Waals surface area (Å²) in [6.45, 7) is 1.74. The Morgan fingerprint density at radius 1 is 1.50 bits per heavy atom. The SMILES string of the molecule is COc1cccc(Nc2nnc(SC(C)C(N)=O)s2)c1. The van der Waals surface area contributed by atoms with E-state index in [-0.39, 0.29) is 11.2 Å². The van der Waals surface area contributed by atoms with Crippen molar-refractivity contribution < 1.29 is 9.53 Å². The van der Waals surface area contributed by atoms with Crippen LogP contribution in [0.2, 0.25) is 0 Å². The highest BCUT2D eigenvalue weighted by molar-refractivity contribution is 8.02. The van der Waals surface area contributed by atoms with Crippen LogP contribution < -0.4 is 15.8 Å². The fourth-order valence-electron chi connectivity index (χ4n) is 1.34. The Morgan fingerprint density at radius 2 is 2.30 bits per heavy atom. The highest BCUT2D eigenvalue weighted by Gasteiger charge is 2.14. The number of nitrogens with two attached hydrogens (primary N) is 1. The minimum atomic E-state index is -0.368. The summed E-state index contributed by atoms with van der Waals surface area (Å²) >= 11 is 2.66. The van der Waals surface area contributed by atoms with Crippen molar-refractivity contribution >= 4 is 39.8 Å². The Morgan fingerprint density at radius 3 is 3.00 bits per heavy atom. The second-order valence-corrected chi connectivity index (χ2v) is 6.46. The molecule has 0 bridgehead atoms. The van der Waals surface area contributed by atoms with E-state index >= 15 is 0 Å². The van der Waals surface area contributed by atoms with Crippen LogP contribution in [-0.4, -0.2) is 28.5 Å². The Bertz CT molecular complexity index is 603. The summed E-state index contributed by atoms with van der Waals surface area (Å²) in [6, 6.07) is 7.51. The number of hydrogen-bond acceptors (Lipinski definition) is 7. The summed E-state index contributed by atoms with van der Waals surface area (Å²) in [6.07, 6.45) is 0. The smallest absolute Gasteiger partial charge is 0.230 e. The lowest BCUT2D eigenvalue weighted by Gasteiger charge is -2.04. The van der Waals surface area contributed by atoms with Crippen LogP contribution in [0.1, 0.15) is 6.92 Å². The third-order valence-corrected chi connectivity index (χ3v) is 4.45. The van der Waals surface area contributed by atoms with E-state index < -0.39 is 0 Å². The minimum absolute atomic E-state index is 0.326. The molecule has 1 amide bonds. The molecule has 0 aliphatic heterocycles. The monoisotopic (exact) mass is 310 g/mol. The number of nitrogens with one attached hydrogen (secondary N) is 1. The van der Waals surface area contributed by atoms with E-state index in [1.165, 1.54) is 23.1 Å². The number of amides is 1. The maximum absolute atomic E-state index is 11.0. The summed E-state index contributed by atoms with van der Waals surface area (Å²) in [5.74, 6) is 0.393. The molecule has 0 saturated carbocycles. The fourth-order valence-corrected chi connectivity index (χ4v) is 3.21. The minimum Gasteiger partial charge on any atom is -0.497 e. The van der Waals surface area contributed by atoms with Crippen LogP contribution in [0.4, 0.5) is 10.8 Å². The molecular weight excluding hydrogens is 296 g/mol. The number of anilines is 2. The van der Waals surface area contributed by atoms with Crippen LogP contribution in [0.25, 0.3) is 0 Å². The van der Waals surface area contributed by atoms with Gasteiger partial charge in [0.2, 0.25) is 11.0 Å². The van der Waals surface area contributed by atoms with E-state index in [4.69, 9.17) is 10.5 Å². The molecule has 6 nitrogen and oxygen atoms in total. The largest absolute Gasteiger partial charge is 0.497 e. The van der Waals surface area contributed by atoms with Crippen molar-refractivity contribution in [2.75, 3.05) is 12.4 Å². The number of hydrogen-bond donors (Lipinski definition) is 2. The van der Waals surface area contributed by atoms with Gasteiger partial charge in [0.1, 0.15) is 5.75 Å². The van der Waals surface area contributed by atoms with E-state index in [2.05, 4.69) is 15.5 Å². The second-order valence-electron chi connectivity index (χ2n) is 3.89. The van der Waals surface area contributed by atoms with Crippen molar-refractivity contribution in [3.63, 3.8) is 0 Å². The van der Waals surface area contributed by atoms with Crippen molar-refractivity contribution in [2.24, 2.45) is 5.73 Å². The molecule has 0 fully saturated rings. The quantitative estimate of drug-likeness (QED) is 0.795. The summed E-state index contributed by atoms with van der Waals surface area (Å²) in [5, 5.41) is 11.5. The molecule has 1 unspecified atom stereocenters. The third kappa shape index (κ3) is 3.84. The van der Waals surface area contributed by atoms with Gasteiger partial charge in [-0.2, -0.15) is 0 Å². The number of benzene rings is 1. The zero-order valence-corrected chi connectivity index (χ0v) is 12.6. The number of aromatic nitrogens is 2. The van der Waals surface area contributed by atoms with Crippen LogP contribution in [0.5, 0.6) is 5.75 Å². The van der Waals surface area contributed by atoms with Crippen molar-refractivity contribution in [2.45, 2.75) is 16.5 Å². The zero-order chi connectivity index (χ0) is 14.5. The average molecular weight is 310 g/mol. The van der Waals surface area contributed by atoms with Crippen molar-refractivity contribution in [3.05, 3.63) is 24.3 Å². The van der Waals surface area contributed by atoms with E-state index in [0.29, 0.717) is 9.47 Å². The zero-order valence-electron chi connectivity index (χ0n) is 11.0. The van der Waals surface area contributed by atoms with Crippen molar-refractivity contribution in [1.82, 2.24) is 10.2 Å². The first-order valence-electron chi connectivity index (χ1n) is 5.79. The molecule has 0 saturated heterocycles. The number of carbonyl (C=O) groups excluding carboxylic acids is 1. The van der Waals surface area contributed by atoms with E-state index in [1.807, 2.05) is 24.3 Å². The number of methoxy groups -OCH3 is 1. The Hall–Kier alpha value is -1.80. The summed E-state index contributed by atoms with van der Waals surface area (Å²) in [7, 11) is 1.62. The lowest BCUT2D eigenvalue weighted by Crippen LogP contribution is -2.22. The average Bonchev–Trinajstić information content (AvgIpc) is 2.86. The van der Waals surface area contributed by atoms with Gasteiger partial charge in [0, 0.05) is 11.8 Å². The molecule has 2 rings (SSSR count). The van der Waals surface area contributed by atoms with Crippen LogP contribution in [0.15, 0.2) is 28.6 Å².